The topological polar surface area (TPSA) is 22.1 Å². The van der Waals surface area contributed by atoms with E-state index in [1.165, 1.54) is 0 Å². The number of benzene rings is 1. The lowest BCUT2D eigenvalue weighted by atomic mass is 10.2. The van der Waals surface area contributed by atoms with E-state index in [0.29, 0.717) is 0 Å². The second-order valence-electron chi connectivity index (χ2n) is 2.98. The largest absolute Gasteiger partial charge is 1.00 e. The number of methoxy groups -OCH3 is 1. The molecule has 80 valence electrons. The molecule has 15 heavy (non-hydrogen) atoms. The van der Waals surface area contributed by atoms with Crippen LogP contribution in [0.15, 0.2) is 29.6 Å². The van der Waals surface area contributed by atoms with Crippen LogP contribution in [-0.4, -0.2) is 12.1 Å². The summed E-state index contributed by atoms with van der Waals surface area (Å²) in [5, 5.41) is 3.16. The maximum Gasteiger partial charge on any atom is 0.118 e. The number of halogens is 1. The van der Waals surface area contributed by atoms with E-state index in [9.17, 15) is 0 Å². The molecule has 0 fully saturated rings. The van der Waals surface area contributed by atoms with E-state index in [0.717, 1.165) is 22.0 Å². The zero-order chi connectivity index (χ0) is 9.97. The first-order valence-corrected chi connectivity index (χ1v) is 5.24. The molecular weight excluding hydrogens is 274 g/mol. The quantitative estimate of drug-likeness (QED) is 0.782. The van der Waals surface area contributed by atoms with E-state index in [-0.39, 0.29) is 17.0 Å². The summed E-state index contributed by atoms with van der Waals surface area (Å²) in [4.78, 5) is 4.41. The van der Waals surface area contributed by atoms with Gasteiger partial charge < -0.3 is 21.7 Å². The molecule has 2 aromatic rings. The molecule has 1 aromatic heterocycles. The molecule has 1 aromatic carbocycles. The van der Waals surface area contributed by atoms with Gasteiger partial charge in [0.2, 0.25) is 0 Å². The van der Waals surface area contributed by atoms with E-state index in [1.807, 2.05) is 31.2 Å². The third kappa shape index (κ3) is 2.79. The van der Waals surface area contributed by atoms with Crippen molar-refractivity contribution in [3.63, 3.8) is 0 Å². The Hall–Kier alpha value is -0.870. The minimum atomic E-state index is 0. The number of thiazole rings is 1. The SMILES string of the molecule is COc1ccc(-c2csc(C)n2)cc1.[Br-]. The molecule has 0 spiro atoms. The van der Waals surface area contributed by atoms with Crippen LogP contribution >= 0.6 is 11.3 Å². The second kappa shape index (κ2) is 5.28. The summed E-state index contributed by atoms with van der Waals surface area (Å²) in [6, 6.07) is 7.94. The third-order valence-corrected chi connectivity index (χ3v) is 2.78. The number of nitrogens with zero attached hydrogens (tertiary/aromatic N) is 1. The molecule has 2 rings (SSSR count). The first-order valence-electron chi connectivity index (χ1n) is 4.36. The number of aryl methyl sites for hydroxylation is 1. The highest BCUT2D eigenvalue weighted by Crippen LogP contribution is 2.23. The Bertz CT molecular complexity index is 424. The molecule has 0 bridgehead atoms. The van der Waals surface area contributed by atoms with Crippen molar-refractivity contribution in [3.8, 4) is 17.0 Å². The summed E-state index contributed by atoms with van der Waals surface area (Å²) in [7, 11) is 1.67. The Labute approximate surface area is 104 Å². The summed E-state index contributed by atoms with van der Waals surface area (Å²) < 4.78 is 5.09. The van der Waals surface area contributed by atoms with Crippen molar-refractivity contribution in [3.05, 3.63) is 34.7 Å². The monoisotopic (exact) mass is 284 g/mol. The summed E-state index contributed by atoms with van der Waals surface area (Å²) >= 11 is 1.67. The van der Waals surface area contributed by atoms with Crippen molar-refractivity contribution in [2.24, 2.45) is 0 Å². The fourth-order valence-corrected chi connectivity index (χ4v) is 1.88. The highest BCUT2D eigenvalue weighted by Gasteiger charge is 2.01. The van der Waals surface area contributed by atoms with Crippen LogP contribution in [0, 0.1) is 6.92 Å². The fourth-order valence-electron chi connectivity index (χ4n) is 1.26. The Morgan fingerprint density at radius 3 is 2.33 bits per heavy atom. The van der Waals surface area contributed by atoms with Gasteiger partial charge in [-0.3, -0.25) is 0 Å². The van der Waals surface area contributed by atoms with Gasteiger partial charge in [-0.1, -0.05) is 0 Å². The number of hydrogen-bond donors (Lipinski definition) is 0. The fraction of sp³-hybridized carbons (Fsp3) is 0.182. The molecule has 0 saturated heterocycles. The predicted octanol–water partition coefficient (Wildman–Crippen LogP) is 0.131. The molecule has 0 saturated carbocycles. The number of aromatic nitrogens is 1. The van der Waals surface area contributed by atoms with Crippen LogP contribution in [0.2, 0.25) is 0 Å². The maximum absolute atomic E-state index is 5.09. The molecule has 1 heterocycles. The van der Waals surface area contributed by atoms with E-state index < -0.39 is 0 Å². The van der Waals surface area contributed by atoms with Crippen LogP contribution in [-0.2, 0) is 0 Å². The number of ether oxygens (including phenoxy) is 1. The molecule has 0 N–H and O–H groups in total. The van der Waals surface area contributed by atoms with Crippen molar-refractivity contribution in [2.75, 3.05) is 7.11 Å². The first kappa shape index (κ1) is 12.2. The van der Waals surface area contributed by atoms with Crippen molar-refractivity contribution >= 4 is 11.3 Å². The van der Waals surface area contributed by atoms with Gasteiger partial charge in [0.15, 0.2) is 0 Å². The van der Waals surface area contributed by atoms with E-state index in [2.05, 4.69) is 10.4 Å². The minimum Gasteiger partial charge on any atom is -1.00 e. The molecule has 0 radical (unpaired) electrons. The minimum absolute atomic E-state index is 0. The van der Waals surface area contributed by atoms with Crippen molar-refractivity contribution in [1.29, 1.82) is 0 Å². The molecule has 4 heteroatoms. The lowest BCUT2D eigenvalue weighted by molar-refractivity contribution is -0.00000320. The van der Waals surface area contributed by atoms with Gasteiger partial charge >= 0.3 is 0 Å². The van der Waals surface area contributed by atoms with Gasteiger partial charge in [0.1, 0.15) is 5.75 Å². The van der Waals surface area contributed by atoms with Crippen LogP contribution in [0.25, 0.3) is 11.3 Å². The molecular formula is C11H11BrNOS-. The van der Waals surface area contributed by atoms with E-state index in [4.69, 9.17) is 4.74 Å². The second-order valence-corrected chi connectivity index (χ2v) is 4.04. The Kier molecular flexibility index (Phi) is 4.29. The van der Waals surface area contributed by atoms with Crippen molar-refractivity contribution in [2.45, 2.75) is 6.92 Å². The Morgan fingerprint density at radius 2 is 1.87 bits per heavy atom. The number of hydrogen-bond acceptors (Lipinski definition) is 3. The lowest BCUT2D eigenvalue weighted by Crippen LogP contribution is -3.00. The van der Waals surface area contributed by atoms with Gasteiger partial charge in [0.05, 0.1) is 17.8 Å². The maximum atomic E-state index is 5.09. The Morgan fingerprint density at radius 1 is 1.20 bits per heavy atom. The van der Waals surface area contributed by atoms with Gasteiger partial charge in [-0.05, 0) is 31.2 Å². The highest BCUT2D eigenvalue weighted by atomic mass is 79.9. The van der Waals surface area contributed by atoms with Gasteiger partial charge in [-0.2, -0.15) is 0 Å². The zero-order valence-corrected chi connectivity index (χ0v) is 10.9. The zero-order valence-electron chi connectivity index (χ0n) is 8.53. The molecule has 0 unspecified atom stereocenters. The lowest BCUT2D eigenvalue weighted by Gasteiger charge is -2.00. The normalized spacial score (nSPS) is 9.47. The van der Waals surface area contributed by atoms with Crippen molar-refractivity contribution < 1.29 is 21.7 Å². The summed E-state index contributed by atoms with van der Waals surface area (Å²) in [6.45, 7) is 2.01. The average Bonchev–Trinajstić information content (AvgIpc) is 2.65. The Balaban J connectivity index is 0.00000112. The molecule has 0 atom stereocenters. The van der Waals surface area contributed by atoms with Gasteiger partial charge in [-0.15, -0.1) is 11.3 Å². The van der Waals surface area contributed by atoms with Crippen LogP contribution in [0.1, 0.15) is 5.01 Å². The summed E-state index contributed by atoms with van der Waals surface area (Å²) in [5.74, 6) is 0.876. The van der Waals surface area contributed by atoms with Crippen LogP contribution in [0.4, 0.5) is 0 Å². The molecule has 0 aliphatic carbocycles. The highest BCUT2D eigenvalue weighted by molar-refractivity contribution is 7.09. The summed E-state index contributed by atoms with van der Waals surface area (Å²) in [5.41, 5.74) is 2.17. The van der Waals surface area contributed by atoms with Gasteiger partial charge in [-0.25, -0.2) is 4.98 Å². The first-order chi connectivity index (χ1) is 6.79. The van der Waals surface area contributed by atoms with Gasteiger partial charge in [0, 0.05) is 10.9 Å². The molecule has 0 aliphatic rings. The van der Waals surface area contributed by atoms with E-state index >= 15 is 0 Å². The predicted molar refractivity (Wildman–Crippen MR) is 58.8 cm³/mol. The summed E-state index contributed by atoms with van der Waals surface area (Å²) in [6.07, 6.45) is 0. The average molecular weight is 285 g/mol. The molecule has 2 nitrogen and oxygen atoms in total. The van der Waals surface area contributed by atoms with Crippen molar-refractivity contribution in [1.82, 2.24) is 4.98 Å². The number of rotatable bonds is 2. The van der Waals surface area contributed by atoms with Crippen LogP contribution in [0.3, 0.4) is 0 Å². The van der Waals surface area contributed by atoms with E-state index in [1.54, 1.807) is 18.4 Å². The smallest absolute Gasteiger partial charge is 0.118 e. The van der Waals surface area contributed by atoms with Crippen LogP contribution in [0.5, 0.6) is 5.75 Å². The van der Waals surface area contributed by atoms with Crippen LogP contribution < -0.4 is 21.7 Å². The molecule has 0 aliphatic heterocycles. The molecule has 0 amide bonds. The van der Waals surface area contributed by atoms with Gasteiger partial charge in [0.25, 0.3) is 0 Å². The standard InChI is InChI=1S/C11H11NOS.BrH/c1-8-12-11(7-14-8)9-3-5-10(13-2)6-4-9;/h3-7H,1-2H3;1H/p-1. The third-order valence-electron chi connectivity index (χ3n) is 2.00.